The fourth-order valence-corrected chi connectivity index (χ4v) is 4.07. The van der Waals surface area contributed by atoms with Gasteiger partial charge < -0.3 is 15.4 Å². The molecule has 0 bridgehead atoms. The van der Waals surface area contributed by atoms with Crippen molar-refractivity contribution < 1.29 is 17.5 Å². The molecule has 8 heteroatoms. The number of aliphatic imine (C=N–C) groups is 1. The maximum atomic E-state index is 13.8. The number of hydrogen-bond donors (Lipinski definition) is 2. The third kappa shape index (κ3) is 6.77. The van der Waals surface area contributed by atoms with Crippen LogP contribution in [0.15, 0.2) is 29.3 Å². The van der Waals surface area contributed by atoms with Gasteiger partial charge in [0.05, 0.1) is 5.75 Å². The number of benzene rings is 1. The van der Waals surface area contributed by atoms with E-state index < -0.39 is 9.84 Å². The van der Waals surface area contributed by atoms with E-state index in [2.05, 4.69) is 15.6 Å². The molecule has 1 aliphatic heterocycles. The fourth-order valence-electron chi connectivity index (χ4n) is 3.29. The van der Waals surface area contributed by atoms with Gasteiger partial charge in [-0.3, -0.25) is 4.99 Å². The molecule has 1 aromatic rings. The molecule has 1 atom stereocenters. The molecule has 0 radical (unpaired) electrons. The minimum atomic E-state index is -2.99. The second-order valence-electron chi connectivity index (χ2n) is 7.29. The number of rotatable bonds is 7. The summed E-state index contributed by atoms with van der Waals surface area (Å²) in [4.78, 5) is 4.24. The molecule has 2 rings (SSSR count). The lowest BCUT2D eigenvalue weighted by Gasteiger charge is -2.38. The van der Waals surface area contributed by atoms with Crippen molar-refractivity contribution in [2.24, 2.45) is 4.99 Å². The molecule has 2 N–H and O–H groups in total. The summed E-state index contributed by atoms with van der Waals surface area (Å²) >= 11 is 0. The zero-order valence-corrected chi connectivity index (χ0v) is 17.1. The van der Waals surface area contributed by atoms with Gasteiger partial charge in [-0.25, -0.2) is 12.8 Å². The summed E-state index contributed by atoms with van der Waals surface area (Å²) in [5, 5.41) is 6.57. The number of sulfone groups is 1. The highest BCUT2D eigenvalue weighted by atomic mass is 32.2. The summed E-state index contributed by atoms with van der Waals surface area (Å²) in [5.74, 6) is 0.497. The van der Waals surface area contributed by atoms with Gasteiger partial charge in [-0.15, -0.1) is 0 Å². The van der Waals surface area contributed by atoms with Crippen molar-refractivity contribution in [1.29, 1.82) is 0 Å². The molecule has 0 saturated carbocycles. The number of nitrogens with zero attached hydrogens (tertiary/aromatic N) is 1. The Hall–Kier alpha value is -1.67. The van der Waals surface area contributed by atoms with Crippen molar-refractivity contribution in [2.45, 2.75) is 37.6 Å². The van der Waals surface area contributed by atoms with Gasteiger partial charge in [-0.05, 0) is 43.9 Å². The Balaban J connectivity index is 2.03. The van der Waals surface area contributed by atoms with Gasteiger partial charge in [0.1, 0.15) is 15.7 Å². The second kappa shape index (κ2) is 9.50. The smallest absolute Gasteiger partial charge is 0.191 e. The Morgan fingerprint density at radius 2 is 2.07 bits per heavy atom. The van der Waals surface area contributed by atoms with Crippen molar-refractivity contribution in [2.75, 3.05) is 38.8 Å². The largest absolute Gasteiger partial charge is 0.381 e. The first kappa shape index (κ1) is 21.6. The first-order valence-corrected chi connectivity index (χ1v) is 11.3. The van der Waals surface area contributed by atoms with E-state index in [4.69, 9.17) is 4.74 Å². The summed E-state index contributed by atoms with van der Waals surface area (Å²) in [6, 6.07) is 6.71. The monoisotopic (exact) mass is 399 g/mol. The normalized spacial score (nSPS) is 18.7. The van der Waals surface area contributed by atoms with Crippen LogP contribution < -0.4 is 10.6 Å². The molecule has 1 aromatic carbocycles. The summed E-state index contributed by atoms with van der Waals surface area (Å²) < 4.78 is 42.0. The Bertz CT molecular complexity index is 746. The quantitative estimate of drug-likeness (QED) is 0.540. The molecule has 0 aliphatic carbocycles. The molecular formula is C19H30FN3O3S. The molecule has 0 amide bonds. The zero-order chi connectivity index (χ0) is 19.9. The van der Waals surface area contributed by atoms with Gasteiger partial charge in [0, 0.05) is 44.5 Å². The van der Waals surface area contributed by atoms with Crippen LogP contribution in [-0.4, -0.2) is 59.2 Å². The van der Waals surface area contributed by atoms with Crippen LogP contribution in [-0.2, 0) is 20.0 Å². The zero-order valence-electron chi connectivity index (χ0n) is 16.3. The van der Waals surface area contributed by atoms with Crippen molar-refractivity contribution in [3.05, 3.63) is 35.6 Å². The maximum absolute atomic E-state index is 13.8. The number of hydrogen-bond acceptors (Lipinski definition) is 4. The van der Waals surface area contributed by atoms with Crippen molar-refractivity contribution >= 4 is 15.8 Å². The van der Waals surface area contributed by atoms with Crippen LogP contribution in [0.1, 0.15) is 31.7 Å². The van der Waals surface area contributed by atoms with E-state index in [1.165, 1.54) is 12.3 Å². The summed E-state index contributed by atoms with van der Waals surface area (Å²) in [5.41, 5.74) is 0.729. The number of guanidine groups is 1. The lowest BCUT2D eigenvalue weighted by Crippen LogP contribution is -2.49. The Morgan fingerprint density at radius 1 is 1.37 bits per heavy atom. The van der Waals surface area contributed by atoms with Gasteiger partial charge in [0.2, 0.25) is 0 Å². The fraction of sp³-hybridized carbons (Fsp3) is 0.632. The van der Waals surface area contributed by atoms with Crippen LogP contribution in [0.4, 0.5) is 4.39 Å². The third-order valence-electron chi connectivity index (χ3n) is 5.01. The average molecular weight is 400 g/mol. The molecule has 152 valence electrons. The summed E-state index contributed by atoms with van der Waals surface area (Å²) in [6.45, 7) is 3.79. The van der Waals surface area contributed by atoms with E-state index in [-0.39, 0.29) is 23.0 Å². The molecule has 1 heterocycles. The Kier molecular flexibility index (Phi) is 7.61. The number of nitrogens with one attached hydrogen (secondary N) is 2. The lowest BCUT2D eigenvalue weighted by molar-refractivity contribution is 0.0512. The highest BCUT2D eigenvalue weighted by molar-refractivity contribution is 7.90. The highest BCUT2D eigenvalue weighted by Crippen LogP contribution is 2.34. The van der Waals surface area contributed by atoms with E-state index >= 15 is 0 Å². The van der Waals surface area contributed by atoms with Crippen molar-refractivity contribution in [3.63, 3.8) is 0 Å². The number of ether oxygens (including phenoxy) is 1. The van der Waals surface area contributed by atoms with Crippen LogP contribution in [0.25, 0.3) is 0 Å². The molecule has 1 aliphatic rings. The van der Waals surface area contributed by atoms with E-state index in [1.807, 2.05) is 13.0 Å². The molecule has 1 saturated heterocycles. The topological polar surface area (TPSA) is 79.8 Å². The van der Waals surface area contributed by atoms with E-state index in [1.54, 1.807) is 19.2 Å². The average Bonchev–Trinajstić information content (AvgIpc) is 2.63. The van der Waals surface area contributed by atoms with Crippen LogP contribution in [0.5, 0.6) is 0 Å². The molecule has 27 heavy (non-hydrogen) atoms. The number of halogens is 1. The van der Waals surface area contributed by atoms with E-state index in [9.17, 15) is 12.8 Å². The van der Waals surface area contributed by atoms with Gasteiger partial charge in [-0.1, -0.05) is 12.1 Å². The first-order valence-electron chi connectivity index (χ1n) is 9.23. The summed E-state index contributed by atoms with van der Waals surface area (Å²) in [6.07, 6.45) is 3.33. The predicted molar refractivity (Wildman–Crippen MR) is 106 cm³/mol. The highest BCUT2D eigenvalue weighted by Gasteiger charge is 2.35. The molecule has 6 nitrogen and oxygen atoms in total. The summed E-state index contributed by atoms with van der Waals surface area (Å²) in [7, 11) is -1.31. The van der Waals surface area contributed by atoms with E-state index in [0.717, 1.165) is 18.4 Å². The molecule has 0 aromatic heterocycles. The minimum absolute atomic E-state index is 0.0364. The van der Waals surface area contributed by atoms with Gasteiger partial charge >= 0.3 is 0 Å². The molecular weight excluding hydrogens is 369 g/mol. The SMILES string of the molecule is CN=C(NCC1(c2cccc(F)c2)CCOCC1)NC(C)CCS(C)(=O)=O. The van der Waals surface area contributed by atoms with Crippen LogP contribution in [0.2, 0.25) is 0 Å². The third-order valence-corrected chi connectivity index (χ3v) is 5.99. The standard InChI is InChI=1S/C19H30FN3O3S/c1-15(7-12-27(3,24)25)23-18(21-2)22-14-19(8-10-26-11-9-19)16-5-4-6-17(20)13-16/h4-6,13,15H,7-12,14H2,1-3H3,(H2,21,22,23). The van der Waals surface area contributed by atoms with Crippen molar-refractivity contribution in [1.82, 2.24) is 10.6 Å². The van der Waals surface area contributed by atoms with Gasteiger partial charge in [0.25, 0.3) is 0 Å². The molecule has 1 fully saturated rings. The Labute approximate surface area is 161 Å². The maximum Gasteiger partial charge on any atom is 0.191 e. The molecule has 1 unspecified atom stereocenters. The van der Waals surface area contributed by atoms with Crippen LogP contribution >= 0.6 is 0 Å². The van der Waals surface area contributed by atoms with E-state index in [0.29, 0.717) is 32.1 Å². The van der Waals surface area contributed by atoms with Crippen molar-refractivity contribution in [3.8, 4) is 0 Å². The Morgan fingerprint density at radius 3 is 2.67 bits per heavy atom. The minimum Gasteiger partial charge on any atom is -0.381 e. The van der Waals surface area contributed by atoms with Gasteiger partial charge in [0.15, 0.2) is 5.96 Å². The van der Waals surface area contributed by atoms with Crippen LogP contribution in [0.3, 0.4) is 0 Å². The second-order valence-corrected chi connectivity index (χ2v) is 9.55. The lowest BCUT2D eigenvalue weighted by atomic mass is 9.74. The first-order chi connectivity index (χ1) is 12.7. The van der Waals surface area contributed by atoms with Crippen LogP contribution in [0, 0.1) is 5.82 Å². The molecule has 0 spiro atoms. The predicted octanol–water partition coefficient (Wildman–Crippen LogP) is 1.86. The van der Waals surface area contributed by atoms with Gasteiger partial charge in [-0.2, -0.15) is 0 Å².